The minimum atomic E-state index is 0.410. The maximum absolute atomic E-state index is 4.89. The molecule has 2 aromatic carbocycles. The van der Waals surface area contributed by atoms with Crippen molar-refractivity contribution in [1.29, 1.82) is 0 Å². The lowest BCUT2D eigenvalue weighted by Crippen LogP contribution is -1.94. The first kappa shape index (κ1) is 12.6. The molecule has 0 fully saturated rings. The van der Waals surface area contributed by atoms with Gasteiger partial charge >= 0.3 is 0 Å². The lowest BCUT2D eigenvalue weighted by atomic mass is 9.93. The van der Waals surface area contributed by atoms with Crippen LogP contribution in [-0.2, 0) is 0 Å². The van der Waals surface area contributed by atoms with Gasteiger partial charge in [0.2, 0.25) is 12.2 Å². The summed E-state index contributed by atoms with van der Waals surface area (Å²) in [6, 6.07) is 16.7. The molecule has 0 spiro atoms. The van der Waals surface area contributed by atoms with E-state index in [0.29, 0.717) is 11.7 Å². The van der Waals surface area contributed by atoms with Crippen LogP contribution in [0.4, 0.5) is 0 Å². The van der Waals surface area contributed by atoms with E-state index < -0.39 is 0 Å². The van der Waals surface area contributed by atoms with Gasteiger partial charge < -0.3 is 4.52 Å². The molecule has 0 bridgehead atoms. The molecule has 3 heteroatoms. The number of hydrogen-bond acceptors (Lipinski definition) is 3. The van der Waals surface area contributed by atoms with Crippen molar-refractivity contribution in [3.8, 4) is 22.5 Å². The molecule has 0 saturated heterocycles. The van der Waals surface area contributed by atoms with Gasteiger partial charge in [0.15, 0.2) is 0 Å². The Bertz CT molecular complexity index is 688. The molecule has 0 N–H and O–H groups in total. The van der Waals surface area contributed by atoms with Crippen LogP contribution >= 0.6 is 0 Å². The molecule has 0 radical (unpaired) electrons. The quantitative estimate of drug-likeness (QED) is 0.697. The highest BCUT2D eigenvalue weighted by molar-refractivity contribution is 5.72. The summed E-state index contributed by atoms with van der Waals surface area (Å²) in [6.07, 6.45) is 1.37. The van der Waals surface area contributed by atoms with Gasteiger partial charge in [-0.2, -0.15) is 4.98 Å². The zero-order chi connectivity index (χ0) is 13.9. The van der Waals surface area contributed by atoms with E-state index in [1.54, 1.807) is 0 Å². The highest BCUT2D eigenvalue weighted by Crippen LogP contribution is 2.31. The van der Waals surface area contributed by atoms with Gasteiger partial charge in [-0.3, -0.25) is 0 Å². The first-order valence-corrected chi connectivity index (χ1v) is 6.72. The largest absolute Gasteiger partial charge is 0.342 e. The van der Waals surface area contributed by atoms with Crippen LogP contribution in [0.3, 0.4) is 0 Å². The molecule has 3 nitrogen and oxygen atoms in total. The molecule has 0 aliphatic heterocycles. The summed E-state index contributed by atoms with van der Waals surface area (Å²) in [5, 5.41) is 3.98. The second-order valence-corrected chi connectivity index (χ2v) is 5.08. The number of aromatic nitrogens is 2. The Balaban J connectivity index is 2.15. The Hall–Kier alpha value is -2.42. The zero-order valence-corrected chi connectivity index (χ0v) is 11.6. The van der Waals surface area contributed by atoms with Crippen LogP contribution in [0.1, 0.15) is 25.3 Å². The van der Waals surface area contributed by atoms with Gasteiger partial charge in [-0.15, -0.1) is 0 Å². The maximum Gasteiger partial charge on any atom is 0.214 e. The maximum atomic E-state index is 4.89. The van der Waals surface area contributed by atoms with Crippen molar-refractivity contribution in [2.24, 2.45) is 0 Å². The standard InChI is InChI=1S/C17H16N2O/c1-12(2)15-9-8-14(13-6-4-3-5-7-13)10-16(15)17-18-11-20-19-17/h3-12H,1-2H3. The average molecular weight is 264 g/mol. The van der Waals surface area contributed by atoms with Crippen molar-refractivity contribution < 1.29 is 4.52 Å². The van der Waals surface area contributed by atoms with Gasteiger partial charge in [0.05, 0.1) is 0 Å². The third-order valence-corrected chi connectivity index (χ3v) is 3.38. The van der Waals surface area contributed by atoms with Crippen LogP contribution in [0, 0.1) is 0 Å². The molecular formula is C17H16N2O. The van der Waals surface area contributed by atoms with E-state index >= 15 is 0 Å². The molecule has 3 aromatic rings. The number of hydrogen-bond donors (Lipinski definition) is 0. The van der Waals surface area contributed by atoms with Crippen molar-refractivity contribution in [2.45, 2.75) is 19.8 Å². The molecule has 0 aliphatic carbocycles. The summed E-state index contributed by atoms with van der Waals surface area (Å²) in [5.41, 5.74) is 4.61. The number of benzene rings is 2. The lowest BCUT2D eigenvalue weighted by molar-refractivity contribution is 0.418. The van der Waals surface area contributed by atoms with Crippen molar-refractivity contribution in [2.75, 3.05) is 0 Å². The van der Waals surface area contributed by atoms with Gasteiger partial charge in [0, 0.05) is 5.56 Å². The van der Waals surface area contributed by atoms with Crippen molar-refractivity contribution in [3.05, 3.63) is 60.5 Å². The summed E-state index contributed by atoms with van der Waals surface area (Å²) < 4.78 is 4.89. The van der Waals surface area contributed by atoms with Gasteiger partial charge in [0.1, 0.15) is 0 Å². The summed E-state index contributed by atoms with van der Waals surface area (Å²) in [5.74, 6) is 1.06. The fourth-order valence-corrected chi connectivity index (χ4v) is 2.35. The van der Waals surface area contributed by atoms with E-state index in [9.17, 15) is 0 Å². The van der Waals surface area contributed by atoms with Crippen LogP contribution in [0.2, 0.25) is 0 Å². The second-order valence-electron chi connectivity index (χ2n) is 5.08. The molecule has 20 heavy (non-hydrogen) atoms. The Morgan fingerprint density at radius 2 is 1.75 bits per heavy atom. The van der Waals surface area contributed by atoms with Gasteiger partial charge in [-0.05, 0) is 28.7 Å². The van der Waals surface area contributed by atoms with Gasteiger partial charge in [-0.1, -0.05) is 61.5 Å². The molecule has 1 heterocycles. The van der Waals surface area contributed by atoms with E-state index in [4.69, 9.17) is 4.52 Å². The Kier molecular flexibility index (Phi) is 3.33. The minimum absolute atomic E-state index is 0.410. The Labute approximate surface area is 118 Å². The average Bonchev–Trinajstić information content (AvgIpc) is 3.01. The fourth-order valence-electron chi connectivity index (χ4n) is 2.35. The third-order valence-electron chi connectivity index (χ3n) is 3.38. The van der Waals surface area contributed by atoms with E-state index in [1.165, 1.54) is 17.5 Å². The highest BCUT2D eigenvalue weighted by Gasteiger charge is 2.13. The molecule has 0 amide bonds. The normalized spacial score (nSPS) is 10.9. The summed E-state index contributed by atoms with van der Waals surface area (Å²) in [6.45, 7) is 4.34. The second kappa shape index (κ2) is 5.29. The van der Waals surface area contributed by atoms with E-state index in [1.807, 2.05) is 18.2 Å². The van der Waals surface area contributed by atoms with E-state index in [0.717, 1.165) is 11.1 Å². The summed E-state index contributed by atoms with van der Waals surface area (Å²) in [4.78, 5) is 4.19. The van der Waals surface area contributed by atoms with Crippen molar-refractivity contribution >= 4 is 0 Å². The fraction of sp³-hybridized carbons (Fsp3) is 0.176. The Morgan fingerprint density at radius 1 is 0.950 bits per heavy atom. The molecular weight excluding hydrogens is 248 g/mol. The molecule has 0 aliphatic rings. The zero-order valence-electron chi connectivity index (χ0n) is 11.6. The van der Waals surface area contributed by atoms with Gasteiger partial charge in [-0.25, -0.2) is 0 Å². The molecule has 3 rings (SSSR count). The first-order valence-electron chi connectivity index (χ1n) is 6.72. The van der Waals surface area contributed by atoms with E-state index in [-0.39, 0.29) is 0 Å². The van der Waals surface area contributed by atoms with Crippen LogP contribution in [-0.4, -0.2) is 10.1 Å². The smallest absolute Gasteiger partial charge is 0.214 e. The molecule has 100 valence electrons. The first-order chi connectivity index (χ1) is 9.75. The van der Waals surface area contributed by atoms with Crippen LogP contribution in [0.5, 0.6) is 0 Å². The lowest BCUT2D eigenvalue weighted by Gasteiger charge is -2.12. The minimum Gasteiger partial charge on any atom is -0.342 e. The molecule has 0 unspecified atom stereocenters. The Morgan fingerprint density at radius 3 is 2.40 bits per heavy atom. The predicted molar refractivity (Wildman–Crippen MR) is 79.3 cm³/mol. The van der Waals surface area contributed by atoms with Crippen molar-refractivity contribution in [1.82, 2.24) is 10.1 Å². The molecule has 0 atom stereocenters. The highest BCUT2D eigenvalue weighted by atomic mass is 16.5. The predicted octanol–water partition coefficient (Wildman–Crippen LogP) is 4.53. The SMILES string of the molecule is CC(C)c1ccc(-c2ccccc2)cc1-c1ncon1. The van der Waals surface area contributed by atoms with Crippen molar-refractivity contribution in [3.63, 3.8) is 0 Å². The molecule has 1 aromatic heterocycles. The third kappa shape index (κ3) is 2.35. The number of rotatable bonds is 3. The monoisotopic (exact) mass is 264 g/mol. The number of nitrogens with zero attached hydrogens (tertiary/aromatic N) is 2. The summed E-state index contributed by atoms with van der Waals surface area (Å²) >= 11 is 0. The van der Waals surface area contributed by atoms with Gasteiger partial charge in [0.25, 0.3) is 0 Å². The summed E-state index contributed by atoms with van der Waals surface area (Å²) in [7, 11) is 0. The molecule has 0 saturated carbocycles. The topological polar surface area (TPSA) is 38.9 Å². The van der Waals surface area contributed by atoms with E-state index in [2.05, 4.69) is 54.3 Å². The van der Waals surface area contributed by atoms with Crippen LogP contribution in [0.25, 0.3) is 22.5 Å². The van der Waals surface area contributed by atoms with Crippen LogP contribution in [0.15, 0.2) is 59.4 Å². The van der Waals surface area contributed by atoms with Crippen LogP contribution < -0.4 is 0 Å².